The first kappa shape index (κ1) is 21.0. The zero-order valence-electron chi connectivity index (χ0n) is 13.6. The predicted molar refractivity (Wildman–Crippen MR) is 81.5 cm³/mol. The second-order valence-corrected chi connectivity index (χ2v) is 4.77. The lowest BCUT2D eigenvalue weighted by Crippen LogP contribution is -2.16. The standard InChI is InChI=1S/C16H24O7/c1-3-22-15(20)9-8-12(17)6-5-7-13(18)10-14(19)11-16(21)23-4-2/h5,7,13,18H,3-4,6,8-11H2,1-2H3/b7-5+/t13-/m1/s1. The Labute approximate surface area is 135 Å². The van der Waals surface area contributed by atoms with Crippen molar-refractivity contribution in [1.29, 1.82) is 0 Å². The maximum Gasteiger partial charge on any atom is 0.313 e. The molecule has 0 saturated heterocycles. The summed E-state index contributed by atoms with van der Waals surface area (Å²) in [6.45, 7) is 3.80. The van der Waals surface area contributed by atoms with Crippen molar-refractivity contribution < 1.29 is 33.8 Å². The molecule has 1 N–H and O–H groups in total. The number of carbonyl (C=O) groups excluding carboxylic acids is 4. The van der Waals surface area contributed by atoms with Crippen LogP contribution in [0.3, 0.4) is 0 Å². The van der Waals surface area contributed by atoms with Crippen LogP contribution in [-0.2, 0) is 28.7 Å². The third kappa shape index (κ3) is 12.2. The molecule has 0 rings (SSSR count). The van der Waals surface area contributed by atoms with E-state index in [9.17, 15) is 24.3 Å². The summed E-state index contributed by atoms with van der Waals surface area (Å²) in [5, 5.41) is 9.62. The summed E-state index contributed by atoms with van der Waals surface area (Å²) in [5.74, 6) is -1.65. The fourth-order valence-corrected chi connectivity index (χ4v) is 1.68. The van der Waals surface area contributed by atoms with Gasteiger partial charge in [-0.1, -0.05) is 12.2 Å². The molecule has 1 atom stereocenters. The van der Waals surface area contributed by atoms with Crippen LogP contribution in [0.5, 0.6) is 0 Å². The zero-order valence-corrected chi connectivity index (χ0v) is 13.6. The first-order valence-corrected chi connectivity index (χ1v) is 7.58. The lowest BCUT2D eigenvalue weighted by atomic mass is 10.1. The number of ether oxygens (including phenoxy) is 2. The number of ketones is 2. The normalized spacial score (nSPS) is 12.0. The van der Waals surface area contributed by atoms with Crippen molar-refractivity contribution in [3.8, 4) is 0 Å². The highest BCUT2D eigenvalue weighted by atomic mass is 16.5. The molecular formula is C16H24O7. The summed E-state index contributed by atoms with van der Waals surface area (Å²) >= 11 is 0. The molecule has 0 aromatic rings. The van der Waals surface area contributed by atoms with Gasteiger partial charge in [-0.05, 0) is 13.8 Å². The summed E-state index contributed by atoms with van der Waals surface area (Å²) in [5.41, 5.74) is 0. The van der Waals surface area contributed by atoms with Gasteiger partial charge in [0.05, 0.1) is 25.7 Å². The molecule has 0 fully saturated rings. The molecule has 0 aliphatic carbocycles. The molecule has 7 nitrogen and oxygen atoms in total. The summed E-state index contributed by atoms with van der Waals surface area (Å²) in [4.78, 5) is 45.1. The van der Waals surface area contributed by atoms with Crippen molar-refractivity contribution in [2.75, 3.05) is 13.2 Å². The molecule has 0 heterocycles. The quantitative estimate of drug-likeness (QED) is 0.325. The summed E-state index contributed by atoms with van der Waals surface area (Å²) in [7, 11) is 0. The highest BCUT2D eigenvalue weighted by Crippen LogP contribution is 2.03. The Hall–Kier alpha value is -2.02. The van der Waals surface area contributed by atoms with Gasteiger partial charge in [-0.2, -0.15) is 0 Å². The van der Waals surface area contributed by atoms with Crippen LogP contribution in [0.15, 0.2) is 12.2 Å². The molecule has 0 aliphatic heterocycles. The first-order valence-electron chi connectivity index (χ1n) is 7.58. The Kier molecular flexibility index (Phi) is 11.4. The Balaban J connectivity index is 3.97. The monoisotopic (exact) mass is 328 g/mol. The van der Waals surface area contributed by atoms with Crippen LogP contribution in [-0.4, -0.2) is 47.9 Å². The Morgan fingerprint density at radius 1 is 0.957 bits per heavy atom. The topological polar surface area (TPSA) is 107 Å². The maximum atomic E-state index is 11.5. The van der Waals surface area contributed by atoms with Gasteiger partial charge in [0.1, 0.15) is 18.0 Å². The van der Waals surface area contributed by atoms with Gasteiger partial charge in [-0.3, -0.25) is 19.2 Å². The van der Waals surface area contributed by atoms with Gasteiger partial charge < -0.3 is 14.6 Å². The number of esters is 2. The molecule has 130 valence electrons. The largest absolute Gasteiger partial charge is 0.466 e. The minimum Gasteiger partial charge on any atom is -0.466 e. The van der Waals surface area contributed by atoms with E-state index in [-0.39, 0.29) is 51.1 Å². The molecule has 0 amide bonds. The fraction of sp³-hybridized carbons (Fsp3) is 0.625. The van der Waals surface area contributed by atoms with Crippen molar-refractivity contribution in [1.82, 2.24) is 0 Å². The van der Waals surface area contributed by atoms with Crippen molar-refractivity contribution in [2.45, 2.75) is 52.1 Å². The minimum absolute atomic E-state index is 0.0289. The molecule has 0 unspecified atom stereocenters. The van der Waals surface area contributed by atoms with Crippen molar-refractivity contribution in [3.63, 3.8) is 0 Å². The predicted octanol–water partition coefficient (Wildman–Crippen LogP) is 1.12. The van der Waals surface area contributed by atoms with Crippen molar-refractivity contribution >= 4 is 23.5 Å². The van der Waals surface area contributed by atoms with Gasteiger partial charge >= 0.3 is 11.9 Å². The lowest BCUT2D eigenvalue weighted by Gasteiger charge is -2.05. The number of aliphatic hydroxyl groups is 1. The Morgan fingerprint density at radius 2 is 1.57 bits per heavy atom. The van der Waals surface area contributed by atoms with E-state index in [4.69, 9.17) is 4.74 Å². The van der Waals surface area contributed by atoms with Crippen LogP contribution in [0.25, 0.3) is 0 Å². The highest BCUT2D eigenvalue weighted by molar-refractivity contribution is 5.95. The number of hydrogen-bond donors (Lipinski definition) is 1. The van der Waals surface area contributed by atoms with Gasteiger partial charge in [0, 0.05) is 19.3 Å². The van der Waals surface area contributed by atoms with Gasteiger partial charge in [0.25, 0.3) is 0 Å². The second kappa shape index (κ2) is 12.5. The van der Waals surface area contributed by atoms with Crippen molar-refractivity contribution in [2.24, 2.45) is 0 Å². The summed E-state index contributed by atoms with van der Waals surface area (Å²) in [6, 6.07) is 0. The fourth-order valence-electron chi connectivity index (χ4n) is 1.68. The summed E-state index contributed by atoms with van der Waals surface area (Å²) in [6.07, 6.45) is 1.27. The highest BCUT2D eigenvalue weighted by Gasteiger charge is 2.13. The molecule has 0 bridgehead atoms. The molecule has 0 aliphatic rings. The first-order chi connectivity index (χ1) is 10.9. The number of aliphatic hydroxyl groups excluding tert-OH is 1. The van der Waals surface area contributed by atoms with E-state index >= 15 is 0 Å². The van der Waals surface area contributed by atoms with E-state index in [0.717, 1.165) is 0 Å². The van der Waals surface area contributed by atoms with Crippen LogP contribution < -0.4 is 0 Å². The average molecular weight is 328 g/mol. The van der Waals surface area contributed by atoms with Crippen molar-refractivity contribution in [3.05, 3.63) is 12.2 Å². The van der Waals surface area contributed by atoms with Crippen LogP contribution in [0.2, 0.25) is 0 Å². The van der Waals surface area contributed by atoms with Gasteiger partial charge in [-0.25, -0.2) is 0 Å². The average Bonchev–Trinajstić information content (AvgIpc) is 2.45. The zero-order chi connectivity index (χ0) is 17.7. The van der Waals surface area contributed by atoms with E-state index in [1.165, 1.54) is 12.2 Å². The molecular weight excluding hydrogens is 304 g/mol. The van der Waals surface area contributed by atoms with E-state index in [0.29, 0.717) is 0 Å². The second-order valence-electron chi connectivity index (χ2n) is 4.77. The van der Waals surface area contributed by atoms with Crippen LogP contribution in [0.4, 0.5) is 0 Å². The van der Waals surface area contributed by atoms with E-state index in [1.54, 1.807) is 13.8 Å². The number of Topliss-reactive ketones (excluding diaryl/α,β-unsaturated/α-hetero) is 2. The molecule has 23 heavy (non-hydrogen) atoms. The Bertz CT molecular complexity index is 440. The minimum atomic E-state index is -1.06. The van der Waals surface area contributed by atoms with Crippen LogP contribution >= 0.6 is 0 Å². The third-order valence-corrected chi connectivity index (χ3v) is 2.70. The number of carbonyl (C=O) groups is 4. The molecule has 0 saturated carbocycles. The van der Waals surface area contributed by atoms with Gasteiger partial charge in [-0.15, -0.1) is 0 Å². The SMILES string of the molecule is CCOC(=O)CCC(=O)C/C=C/[C@@H](O)CC(=O)CC(=O)OCC. The molecule has 0 radical (unpaired) electrons. The Morgan fingerprint density at radius 3 is 2.17 bits per heavy atom. The maximum absolute atomic E-state index is 11.5. The molecule has 0 aromatic heterocycles. The summed E-state index contributed by atoms with van der Waals surface area (Å²) < 4.78 is 9.33. The van der Waals surface area contributed by atoms with E-state index < -0.39 is 23.8 Å². The molecule has 7 heteroatoms. The van der Waals surface area contributed by atoms with Gasteiger partial charge in [0.15, 0.2) is 0 Å². The lowest BCUT2D eigenvalue weighted by molar-refractivity contribution is -0.146. The van der Waals surface area contributed by atoms with E-state index in [1.807, 2.05) is 0 Å². The number of rotatable bonds is 12. The van der Waals surface area contributed by atoms with Crippen LogP contribution in [0.1, 0.15) is 46.0 Å². The molecule has 0 spiro atoms. The number of hydrogen-bond acceptors (Lipinski definition) is 7. The van der Waals surface area contributed by atoms with Gasteiger partial charge in [0.2, 0.25) is 0 Å². The molecule has 0 aromatic carbocycles. The third-order valence-electron chi connectivity index (χ3n) is 2.70. The number of allylic oxidation sites excluding steroid dienone is 1. The van der Waals surface area contributed by atoms with E-state index in [2.05, 4.69) is 4.74 Å². The smallest absolute Gasteiger partial charge is 0.313 e. The van der Waals surface area contributed by atoms with Crippen LogP contribution in [0, 0.1) is 0 Å².